The normalized spacial score (nSPS) is 16.7. The van der Waals surface area contributed by atoms with Crippen molar-refractivity contribution < 1.29 is 19.4 Å². The average molecular weight is 496 g/mol. The molecule has 190 valence electrons. The fourth-order valence-corrected chi connectivity index (χ4v) is 4.52. The molecule has 12 nitrogen and oxygen atoms in total. The minimum atomic E-state index is -0.461. The van der Waals surface area contributed by atoms with E-state index < -0.39 is 11.7 Å². The van der Waals surface area contributed by atoms with Crippen LogP contribution in [0.4, 0.5) is 5.69 Å². The molecule has 2 aliphatic rings. The summed E-state index contributed by atoms with van der Waals surface area (Å²) in [6.45, 7) is 11.1. The molecule has 4 rings (SSSR count). The van der Waals surface area contributed by atoms with Gasteiger partial charge in [-0.1, -0.05) is 26.2 Å². The molecule has 0 atom stereocenters. The Morgan fingerprint density at radius 2 is 2.06 bits per heavy atom. The van der Waals surface area contributed by atoms with Crippen LogP contribution in [0.2, 0.25) is 0 Å². The SMILES string of the molecule is C=CN=C(C(=C)O)C(=O)N1CCN(c2c(CC)n(CC=O)c3nc(C4=CCOCC4)nn3c2=O)CC1. The zero-order chi connectivity index (χ0) is 25.8. The Kier molecular flexibility index (Phi) is 7.44. The van der Waals surface area contributed by atoms with Crippen molar-refractivity contribution in [3.63, 3.8) is 0 Å². The van der Waals surface area contributed by atoms with E-state index in [1.54, 1.807) is 9.47 Å². The van der Waals surface area contributed by atoms with Crippen molar-refractivity contribution in [2.75, 3.05) is 44.3 Å². The first kappa shape index (κ1) is 25.0. The number of aldehydes is 1. The third-order valence-corrected chi connectivity index (χ3v) is 6.25. The number of amides is 1. The van der Waals surface area contributed by atoms with Crippen molar-refractivity contribution in [3.05, 3.63) is 53.1 Å². The molecular formula is C24H29N7O5. The summed E-state index contributed by atoms with van der Waals surface area (Å²) in [5, 5.41) is 14.2. The molecule has 0 radical (unpaired) electrons. The molecule has 0 saturated carbocycles. The number of fused-ring (bicyclic) bond motifs is 1. The number of carbonyl (C=O) groups is 2. The van der Waals surface area contributed by atoms with Crippen molar-refractivity contribution in [3.8, 4) is 0 Å². The number of aromatic nitrogens is 4. The van der Waals surface area contributed by atoms with Crippen molar-refractivity contribution in [2.45, 2.75) is 26.3 Å². The number of aliphatic imine (C=N–C) groups is 1. The first-order valence-electron chi connectivity index (χ1n) is 11.8. The van der Waals surface area contributed by atoms with Gasteiger partial charge in [-0.2, -0.15) is 9.50 Å². The molecule has 0 aromatic carbocycles. The Balaban J connectivity index is 1.71. The quantitative estimate of drug-likeness (QED) is 0.322. The molecule has 2 aromatic rings. The van der Waals surface area contributed by atoms with Crippen LogP contribution in [0.1, 0.15) is 24.9 Å². The lowest BCUT2D eigenvalue weighted by molar-refractivity contribution is -0.124. The van der Waals surface area contributed by atoms with Gasteiger partial charge in [0.1, 0.15) is 17.7 Å². The summed E-state index contributed by atoms with van der Waals surface area (Å²) in [7, 11) is 0. The summed E-state index contributed by atoms with van der Waals surface area (Å²) in [5.41, 5.74) is 1.52. The largest absolute Gasteiger partial charge is 0.506 e. The van der Waals surface area contributed by atoms with Crippen LogP contribution in [0.3, 0.4) is 0 Å². The van der Waals surface area contributed by atoms with Gasteiger partial charge in [-0.25, -0.2) is 4.99 Å². The van der Waals surface area contributed by atoms with Crippen LogP contribution < -0.4 is 10.5 Å². The van der Waals surface area contributed by atoms with Crippen LogP contribution >= 0.6 is 0 Å². The molecule has 1 amide bonds. The molecule has 2 aromatic heterocycles. The van der Waals surface area contributed by atoms with Gasteiger partial charge in [-0.3, -0.25) is 9.59 Å². The van der Waals surface area contributed by atoms with Gasteiger partial charge < -0.3 is 29.0 Å². The highest BCUT2D eigenvalue weighted by Crippen LogP contribution is 2.23. The third kappa shape index (κ3) is 4.59. The van der Waals surface area contributed by atoms with Crippen molar-refractivity contribution >= 4 is 34.9 Å². The molecular weight excluding hydrogens is 466 g/mol. The number of hydrogen-bond donors (Lipinski definition) is 1. The topological polar surface area (TPSA) is 135 Å². The minimum Gasteiger partial charge on any atom is -0.506 e. The maximum Gasteiger partial charge on any atom is 0.299 e. The summed E-state index contributed by atoms with van der Waals surface area (Å²) >= 11 is 0. The van der Waals surface area contributed by atoms with Crippen LogP contribution in [-0.2, 0) is 27.3 Å². The summed E-state index contributed by atoms with van der Waals surface area (Å²) in [6, 6.07) is 0. The number of rotatable bonds is 8. The summed E-state index contributed by atoms with van der Waals surface area (Å²) < 4.78 is 8.35. The highest BCUT2D eigenvalue weighted by Gasteiger charge is 2.30. The summed E-state index contributed by atoms with van der Waals surface area (Å²) in [6.07, 6.45) is 4.97. The van der Waals surface area contributed by atoms with Gasteiger partial charge in [-0.15, -0.1) is 5.10 Å². The number of carbonyl (C=O) groups excluding carboxylic acids is 2. The molecule has 1 saturated heterocycles. The van der Waals surface area contributed by atoms with Gasteiger partial charge in [0.15, 0.2) is 11.5 Å². The van der Waals surface area contributed by atoms with E-state index in [1.807, 2.05) is 17.9 Å². The number of piperazine rings is 1. The number of aliphatic hydroxyl groups is 1. The van der Waals surface area contributed by atoms with Gasteiger partial charge in [-0.05, 0) is 18.4 Å². The molecule has 0 aliphatic carbocycles. The molecule has 2 aliphatic heterocycles. The fourth-order valence-electron chi connectivity index (χ4n) is 4.52. The van der Waals surface area contributed by atoms with E-state index >= 15 is 0 Å². The van der Waals surface area contributed by atoms with E-state index in [0.717, 1.165) is 11.9 Å². The van der Waals surface area contributed by atoms with Crippen molar-refractivity contribution in [1.82, 2.24) is 24.1 Å². The van der Waals surface area contributed by atoms with Crippen LogP contribution in [0.25, 0.3) is 11.4 Å². The van der Waals surface area contributed by atoms with Crippen molar-refractivity contribution in [1.29, 1.82) is 0 Å². The van der Waals surface area contributed by atoms with Gasteiger partial charge in [0.25, 0.3) is 11.5 Å². The maximum absolute atomic E-state index is 13.7. The Morgan fingerprint density at radius 3 is 2.64 bits per heavy atom. The first-order chi connectivity index (χ1) is 17.4. The summed E-state index contributed by atoms with van der Waals surface area (Å²) in [4.78, 5) is 49.9. The minimum absolute atomic E-state index is 0.0265. The number of aliphatic hydroxyl groups excluding tert-OH is 1. The van der Waals surface area contributed by atoms with Crippen LogP contribution in [0, 0.1) is 0 Å². The zero-order valence-electron chi connectivity index (χ0n) is 20.2. The van der Waals surface area contributed by atoms with E-state index in [-0.39, 0.29) is 17.8 Å². The molecule has 0 spiro atoms. The average Bonchev–Trinajstić information content (AvgIpc) is 3.35. The monoisotopic (exact) mass is 495 g/mol. The van der Waals surface area contributed by atoms with E-state index in [9.17, 15) is 19.5 Å². The van der Waals surface area contributed by atoms with Crippen molar-refractivity contribution in [2.24, 2.45) is 4.99 Å². The first-order valence-corrected chi connectivity index (χ1v) is 11.8. The third-order valence-electron chi connectivity index (χ3n) is 6.25. The highest BCUT2D eigenvalue weighted by atomic mass is 16.5. The Morgan fingerprint density at radius 1 is 1.31 bits per heavy atom. The second-order valence-electron chi connectivity index (χ2n) is 8.32. The lowest BCUT2D eigenvalue weighted by Crippen LogP contribution is -2.52. The molecule has 0 bridgehead atoms. The lowest BCUT2D eigenvalue weighted by Gasteiger charge is -2.36. The maximum atomic E-state index is 13.7. The molecule has 0 unspecified atom stereocenters. The molecule has 1 N–H and O–H groups in total. The number of anilines is 1. The van der Waals surface area contributed by atoms with Crippen LogP contribution in [0.15, 0.2) is 41.0 Å². The summed E-state index contributed by atoms with van der Waals surface area (Å²) in [5.74, 6) is -0.129. The van der Waals surface area contributed by atoms with Gasteiger partial charge in [0, 0.05) is 32.4 Å². The highest BCUT2D eigenvalue weighted by molar-refractivity contribution is 6.44. The Labute approximate surface area is 207 Å². The van der Waals surface area contributed by atoms with Crippen LogP contribution in [-0.4, -0.2) is 86.5 Å². The Bertz CT molecular complexity index is 1330. The standard InChI is InChI=1S/C24H29N7O5/c1-4-18-20(28-8-10-29(11-9-28)22(34)19(16(3)33)25-5-2)23(35)31-24(30(18)12-13-32)26-21(27-31)17-6-14-36-15-7-17/h5-6,13,33H,2-4,7-12,14-15H2,1H3. The van der Waals surface area contributed by atoms with E-state index in [2.05, 4.69) is 28.2 Å². The fraction of sp³-hybridized carbons (Fsp3) is 0.417. The van der Waals surface area contributed by atoms with Gasteiger partial charge in [0.05, 0.1) is 25.5 Å². The van der Waals surface area contributed by atoms with Crippen LogP contribution in [0.5, 0.6) is 0 Å². The number of hydrogen-bond acceptors (Lipinski definition) is 9. The number of ether oxygens (including phenoxy) is 1. The molecule has 12 heteroatoms. The predicted octanol–water partition coefficient (Wildman–Crippen LogP) is 0.761. The number of nitrogens with zero attached hydrogens (tertiary/aromatic N) is 7. The predicted molar refractivity (Wildman–Crippen MR) is 134 cm³/mol. The van der Waals surface area contributed by atoms with Gasteiger partial charge >= 0.3 is 0 Å². The van der Waals surface area contributed by atoms with E-state index in [0.29, 0.717) is 75.2 Å². The second kappa shape index (κ2) is 10.7. The smallest absolute Gasteiger partial charge is 0.299 e. The molecule has 1 fully saturated rings. The van der Waals surface area contributed by atoms with E-state index in [1.165, 1.54) is 10.7 Å². The second-order valence-corrected chi connectivity index (χ2v) is 8.32. The zero-order valence-corrected chi connectivity index (χ0v) is 20.2. The molecule has 36 heavy (non-hydrogen) atoms. The Hall–Kier alpha value is -4.06. The lowest BCUT2D eigenvalue weighted by atomic mass is 10.1. The molecule has 4 heterocycles. The van der Waals surface area contributed by atoms with Gasteiger partial charge in [0.2, 0.25) is 5.78 Å². The van der Waals surface area contributed by atoms with E-state index in [4.69, 9.17) is 4.74 Å².